The minimum absolute atomic E-state index is 0.0111. The van der Waals surface area contributed by atoms with E-state index in [0.717, 1.165) is 5.56 Å². The molecule has 0 bridgehead atoms. The number of fused-ring (bicyclic) bond motifs is 1. The first-order chi connectivity index (χ1) is 9.43. The lowest BCUT2D eigenvalue weighted by Crippen LogP contribution is -2.44. The third-order valence-electron chi connectivity index (χ3n) is 3.95. The number of amides is 1. The van der Waals surface area contributed by atoms with Gasteiger partial charge in [0.25, 0.3) is 0 Å². The predicted octanol–water partition coefficient (Wildman–Crippen LogP) is 2.79. The second-order valence-electron chi connectivity index (χ2n) is 5.57. The van der Waals surface area contributed by atoms with Gasteiger partial charge in [-0.3, -0.25) is 4.79 Å². The average molecular weight is 275 g/mol. The first kappa shape index (κ1) is 14.6. The summed E-state index contributed by atoms with van der Waals surface area (Å²) in [5, 5.41) is 0. The van der Waals surface area contributed by atoms with Gasteiger partial charge in [-0.1, -0.05) is 18.2 Å². The van der Waals surface area contributed by atoms with Crippen LogP contribution in [0.5, 0.6) is 0 Å². The number of esters is 1. The van der Waals surface area contributed by atoms with Crippen molar-refractivity contribution in [3.8, 4) is 0 Å². The summed E-state index contributed by atoms with van der Waals surface area (Å²) in [6.45, 7) is 8.89. The van der Waals surface area contributed by atoms with E-state index in [1.165, 1.54) is 0 Å². The fourth-order valence-electron chi connectivity index (χ4n) is 2.71. The van der Waals surface area contributed by atoms with Gasteiger partial charge in [-0.15, -0.1) is 0 Å². The van der Waals surface area contributed by atoms with Crippen LogP contribution in [-0.4, -0.2) is 29.9 Å². The summed E-state index contributed by atoms with van der Waals surface area (Å²) in [5.74, 6) is -0.331. The Morgan fingerprint density at radius 3 is 2.45 bits per heavy atom. The Morgan fingerprint density at radius 1 is 1.25 bits per heavy atom. The van der Waals surface area contributed by atoms with E-state index in [1.807, 2.05) is 45.9 Å². The summed E-state index contributed by atoms with van der Waals surface area (Å²) in [6, 6.07) is 7.28. The highest BCUT2D eigenvalue weighted by atomic mass is 16.6. The molecule has 2 rings (SSSR count). The molecule has 1 atom stereocenters. The van der Waals surface area contributed by atoms with Gasteiger partial charge in [0.05, 0.1) is 11.0 Å². The summed E-state index contributed by atoms with van der Waals surface area (Å²) < 4.78 is 5.47. The Morgan fingerprint density at radius 2 is 1.85 bits per heavy atom. The number of benzene rings is 1. The number of hydrogen-bond acceptors (Lipinski definition) is 3. The van der Waals surface area contributed by atoms with Gasteiger partial charge in [0.15, 0.2) is 0 Å². The highest BCUT2D eigenvalue weighted by molar-refractivity contribution is 5.95. The van der Waals surface area contributed by atoms with Crippen molar-refractivity contribution in [2.75, 3.05) is 13.1 Å². The summed E-state index contributed by atoms with van der Waals surface area (Å²) in [7, 11) is 0. The number of hydrogen-bond donors (Lipinski definition) is 0. The van der Waals surface area contributed by atoms with Crippen molar-refractivity contribution in [1.82, 2.24) is 4.90 Å². The molecule has 0 saturated heterocycles. The predicted molar refractivity (Wildman–Crippen MR) is 76.3 cm³/mol. The van der Waals surface area contributed by atoms with Crippen molar-refractivity contribution in [3.63, 3.8) is 0 Å². The van der Waals surface area contributed by atoms with Gasteiger partial charge >= 0.3 is 5.97 Å². The molecule has 1 unspecified atom stereocenters. The SMILES string of the molecule is CCN(CC)C(=O)C(C)(C)C1OC(=O)c2ccccc21. The molecule has 0 radical (unpaired) electrons. The number of carbonyl (C=O) groups excluding carboxylic acids is 2. The van der Waals surface area contributed by atoms with Crippen LogP contribution >= 0.6 is 0 Å². The summed E-state index contributed by atoms with van der Waals surface area (Å²) in [6.07, 6.45) is -0.515. The van der Waals surface area contributed by atoms with Crippen LogP contribution in [0, 0.1) is 5.41 Å². The van der Waals surface area contributed by atoms with Crippen LogP contribution in [0.4, 0.5) is 0 Å². The molecule has 0 fully saturated rings. The van der Waals surface area contributed by atoms with Crippen molar-refractivity contribution in [1.29, 1.82) is 0 Å². The molecule has 0 aromatic heterocycles. The molecule has 1 amide bonds. The van der Waals surface area contributed by atoms with Crippen molar-refractivity contribution < 1.29 is 14.3 Å². The quantitative estimate of drug-likeness (QED) is 0.794. The summed E-state index contributed by atoms with van der Waals surface area (Å²) in [4.78, 5) is 26.3. The second kappa shape index (κ2) is 5.27. The van der Waals surface area contributed by atoms with E-state index in [9.17, 15) is 9.59 Å². The standard InChI is InChI=1S/C16H21NO3/c1-5-17(6-2)15(19)16(3,4)13-11-9-7-8-10-12(11)14(18)20-13/h7-10,13H,5-6H2,1-4H3. The van der Waals surface area contributed by atoms with E-state index in [-0.39, 0.29) is 11.9 Å². The molecular formula is C16H21NO3. The van der Waals surface area contributed by atoms with Gasteiger partial charge in [0, 0.05) is 18.7 Å². The minimum Gasteiger partial charge on any atom is -0.453 e. The fraction of sp³-hybridized carbons (Fsp3) is 0.500. The molecule has 20 heavy (non-hydrogen) atoms. The Labute approximate surface area is 119 Å². The zero-order valence-electron chi connectivity index (χ0n) is 12.5. The zero-order valence-corrected chi connectivity index (χ0v) is 12.5. The second-order valence-corrected chi connectivity index (χ2v) is 5.57. The molecule has 108 valence electrons. The van der Waals surface area contributed by atoms with E-state index in [4.69, 9.17) is 4.74 Å². The lowest BCUT2D eigenvalue weighted by atomic mass is 9.81. The molecule has 1 heterocycles. The van der Waals surface area contributed by atoms with Gasteiger partial charge in [0.2, 0.25) is 5.91 Å². The van der Waals surface area contributed by atoms with Gasteiger partial charge < -0.3 is 9.64 Å². The monoisotopic (exact) mass is 275 g/mol. The van der Waals surface area contributed by atoms with Crippen molar-refractivity contribution in [2.45, 2.75) is 33.8 Å². The van der Waals surface area contributed by atoms with Gasteiger partial charge in [-0.2, -0.15) is 0 Å². The van der Waals surface area contributed by atoms with E-state index >= 15 is 0 Å². The molecular weight excluding hydrogens is 254 g/mol. The largest absolute Gasteiger partial charge is 0.453 e. The first-order valence-electron chi connectivity index (χ1n) is 7.02. The first-order valence-corrected chi connectivity index (χ1v) is 7.02. The van der Waals surface area contributed by atoms with Crippen molar-refractivity contribution in [3.05, 3.63) is 35.4 Å². The Kier molecular flexibility index (Phi) is 3.84. The smallest absolute Gasteiger partial charge is 0.339 e. The molecule has 4 heteroatoms. The van der Waals surface area contributed by atoms with Crippen LogP contribution in [0.25, 0.3) is 0 Å². The number of nitrogens with zero attached hydrogens (tertiary/aromatic N) is 1. The van der Waals surface area contributed by atoms with Crippen LogP contribution in [0.3, 0.4) is 0 Å². The fourth-order valence-corrected chi connectivity index (χ4v) is 2.71. The summed E-state index contributed by atoms with van der Waals surface area (Å²) in [5.41, 5.74) is 0.606. The topological polar surface area (TPSA) is 46.6 Å². The summed E-state index contributed by atoms with van der Waals surface area (Å²) >= 11 is 0. The Hall–Kier alpha value is -1.84. The number of cyclic esters (lactones) is 1. The lowest BCUT2D eigenvalue weighted by molar-refractivity contribution is -0.146. The van der Waals surface area contributed by atoms with Crippen LogP contribution in [0.2, 0.25) is 0 Å². The molecule has 0 aliphatic carbocycles. The van der Waals surface area contributed by atoms with E-state index < -0.39 is 11.5 Å². The molecule has 1 aromatic rings. The number of ether oxygens (including phenoxy) is 1. The van der Waals surface area contributed by atoms with Crippen LogP contribution in [0.1, 0.15) is 49.7 Å². The van der Waals surface area contributed by atoms with Crippen LogP contribution < -0.4 is 0 Å². The van der Waals surface area contributed by atoms with Crippen molar-refractivity contribution >= 4 is 11.9 Å². The van der Waals surface area contributed by atoms with E-state index in [1.54, 1.807) is 11.0 Å². The maximum absolute atomic E-state index is 12.7. The number of carbonyl (C=O) groups is 2. The number of rotatable bonds is 4. The molecule has 0 N–H and O–H groups in total. The van der Waals surface area contributed by atoms with Gasteiger partial charge in [0.1, 0.15) is 6.10 Å². The molecule has 1 aliphatic rings. The third-order valence-corrected chi connectivity index (χ3v) is 3.95. The Bertz CT molecular complexity index is 532. The van der Waals surface area contributed by atoms with Gasteiger partial charge in [-0.05, 0) is 33.8 Å². The van der Waals surface area contributed by atoms with Crippen molar-refractivity contribution in [2.24, 2.45) is 5.41 Å². The highest BCUT2D eigenvalue weighted by Gasteiger charge is 2.47. The third kappa shape index (κ3) is 2.19. The molecule has 4 nitrogen and oxygen atoms in total. The van der Waals surface area contributed by atoms with Crippen LogP contribution in [-0.2, 0) is 9.53 Å². The molecule has 0 spiro atoms. The molecule has 1 aliphatic heterocycles. The molecule has 0 saturated carbocycles. The maximum atomic E-state index is 12.7. The van der Waals surface area contributed by atoms with Gasteiger partial charge in [-0.25, -0.2) is 4.79 Å². The van der Waals surface area contributed by atoms with E-state index in [2.05, 4.69) is 0 Å². The highest BCUT2D eigenvalue weighted by Crippen LogP contribution is 2.44. The Balaban J connectivity index is 2.36. The van der Waals surface area contributed by atoms with Crippen LogP contribution in [0.15, 0.2) is 24.3 Å². The average Bonchev–Trinajstić information content (AvgIpc) is 2.79. The molecule has 1 aromatic carbocycles. The normalized spacial score (nSPS) is 17.6. The minimum atomic E-state index is -0.770. The lowest BCUT2D eigenvalue weighted by Gasteiger charge is -2.34. The van der Waals surface area contributed by atoms with E-state index in [0.29, 0.717) is 18.7 Å². The zero-order chi connectivity index (χ0) is 14.9. The maximum Gasteiger partial charge on any atom is 0.339 e.